The Morgan fingerprint density at radius 3 is 1.30 bits per heavy atom. The molecule has 580 valence electrons. The van der Waals surface area contributed by atoms with Gasteiger partial charge in [-0.1, -0.05) is 53.2 Å². The van der Waals surface area contributed by atoms with Gasteiger partial charge in [-0.15, -0.1) is 0 Å². The van der Waals surface area contributed by atoms with Crippen LogP contribution in [0.3, 0.4) is 0 Å². The highest BCUT2D eigenvalue weighted by Crippen LogP contribution is 2.75. The highest BCUT2D eigenvalue weighted by atomic mass is 16.8. The highest BCUT2D eigenvalue weighted by Gasteiger charge is 2.71. The summed E-state index contributed by atoms with van der Waals surface area (Å²) in [6, 6.07) is 0. The van der Waals surface area contributed by atoms with Crippen LogP contribution >= 0.6 is 0 Å². The van der Waals surface area contributed by atoms with Crippen molar-refractivity contribution >= 4 is 0 Å². The predicted octanol–water partition coefficient (Wildman–Crippen LogP) is -7.58. The molecule has 10 rings (SSSR count). The largest absolute Gasteiger partial charge is 0.394 e. The van der Waals surface area contributed by atoms with Gasteiger partial charge in [0.1, 0.15) is 146 Å². The molecular formula is C66H112O34. The first-order chi connectivity index (χ1) is 46.8. The Balaban J connectivity index is 0.794. The molecular weight excluding hydrogens is 1340 g/mol. The molecule has 22 N–H and O–H groups in total. The number of ether oxygens (including phenoxy) is 12. The van der Waals surface area contributed by atoms with E-state index in [9.17, 15) is 112 Å². The average molecular weight is 1450 g/mol. The van der Waals surface area contributed by atoms with Crippen molar-refractivity contribution in [1.29, 1.82) is 0 Å². The van der Waals surface area contributed by atoms with E-state index in [4.69, 9.17) is 56.8 Å². The van der Waals surface area contributed by atoms with Crippen LogP contribution in [0, 0.1) is 45.3 Å². The van der Waals surface area contributed by atoms with Crippen LogP contribution in [0.2, 0.25) is 0 Å². The Hall–Kier alpha value is -1.62. The summed E-state index contributed by atoms with van der Waals surface area (Å²) in [4.78, 5) is 0. The molecule has 10 aliphatic rings. The lowest BCUT2D eigenvalue weighted by Crippen LogP contribution is -2.65. The van der Waals surface area contributed by atoms with Gasteiger partial charge in [-0.2, -0.15) is 0 Å². The summed E-state index contributed by atoms with van der Waals surface area (Å²) < 4.78 is 70.8. The summed E-state index contributed by atoms with van der Waals surface area (Å²) in [6.07, 6.45) is -47.6. The Morgan fingerprint density at radius 1 is 0.460 bits per heavy atom. The molecule has 0 aromatic heterocycles. The molecule has 0 amide bonds. The number of aliphatic hydroxyl groups is 22. The van der Waals surface area contributed by atoms with E-state index in [1.54, 1.807) is 0 Å². The van der Waals surface area contributed by atoms with Crippen LogP contribution in [0.15, 0.2) is 11.6 Å². The normalized spacial score (nSPS) is 52.1. The molecule has 9 fully saturated rings. The number of fused-ring (bicyclic) bond motifs is 5. The zero-order chi connectivity index (χ0) is 73.5. The van der Waals surface area contributed by atoms with E-state index in [2.05, 4.69) is 33.8 Å². The smallest absolute Gasteiger partial charge is 0.187 e. The zero-order valence-corrected chi connectivity index (χ0v) is 57.6. The average Bonchev–Trinajstić information content (AvgIpc) is 1.02. The molecule has 34 heteroatoms. The van der Waals surface area contributed by atoms with Crippen molar-refractivity contribution in [1.82, 2.24) is 0 Å². The van der Waals surface area contributed by atoms with Gasteiger partial charge in [0.25, 0.3) is 0 Å². The van der Waals surface area contributed by atoms with Gasteiger partial charge in [0.05, 0.1) is 63.6 Å². The fourth-order valence-electron chi connectivity index (χ4n) is 18.4. The fourth-order valence-corrected chi connectivity index (χ4v) is 18.4. The maximum Gasteiger partial charge on any atom is 0.187 e. The third-order valence-electron chi connectivity index (χ3n) is 25.0. The van der Waals surface area contributed by atoms with E-state index in [1.807, 2.05) is 13.8 Å². The number of hydrogen-bond donors (Lipinski definition) is 22. The highest BCUT2D eigenvalue weighted by molar-refractivity contribution is 5.32. The Kier molecular flexibility index (Phi) is 25.5. The van der Waals surface area contributed by atoms with Gasteiger partial charge >= 0.3 is 0 Å². The molecule has 0 spiro atoms. The van der Waals surface area contributed by atoms with E-state index >= 15 is 0 Å². The number of aliphatic hydroxyl groups excluding tert-OH is 21. The van der Waals surface area contributed by atoms with Gasteiger partial charge in [-0.3, -0.25) is 0 Å². The van der Waals surface area contributed by atoms with E-state index in [0.717, 1.165) is 18.4 Å². The summed E-state index contributed by atoms with van der Waals surface area (Å²) in [5.41, 5.74) is -2.73. The SMILES string of the molecule is C[C@H](CC[C@@H](O[C@@H]1O[C@H](CO[C@@H]2O[C@H](CO)[C@@H](O)[C@H](O)[C@H]2O)[C@@H](O)[C@H](O)[C@H]1O[C@@H]1O[C@H](CO)[C@@H](O)[C@H](O)[C@H]1O)C(C)(C)O)C1CC[C@@]2(C)C3CC=C4C(CC[C@H](O[C@@H]5O[C@H](CO[C@H]6O[C@H](CO[C@H]7O[C@@H](CO)[C@H](O)[C@@H](O)[C@@H]7O)[C@@H](O)[C@H](O)[C@H]6O)[C@@H](O)[C@H](O)[C@H]5O)C4(C)C)[C@]3(C)[C@H](O)C[C@]12C. The molecule has 40 atom stereocenters. The maximum atomic E-state index is 12.9. The summed E-state index contributed by atoms with van der Waals surface area (Å²) in [6.45, 7) is 11.6. The van der Waals surface area contributed by atoms with Crippen LogP contribution in [-0.4, -0.2) is 360 Å². The first-order valence-corrected chi connectivity index (χ1v) is 35.1. The lowest BCUT2D eigenvalue weighted by molar-refractivity contribution is -0.380. The van der Waals surface area contributed by atoms with Crippen molar-refractivity contribution in [3.8, 4) is 0 Å². The predicted molar refractivity (Wildman–Crippen MR) is 333 cm³/mol. The summed E-state index contributed by atoms with van der Waals surface area (Å²) >= 11 is 0. The standard InChI is InChI=1S/C66H112O34/c1-24(9-13-37(63(4,5)88)99-61-55(100-60-54(87)46(79)40(73)30(20-69)94-60)49(82)43(76)33(97-61)23-90-57-51(84)45(78)39(72)29(19-68)93-57)25-15-16-64(6)34-12-10-26-27(66(34,8)35(70)17-65(25,64)7)11-14-36(62(26,2)3)98-59-53(86)48(81)42(75)32(96-59)22-91-58-52(85)47(80)41(74)31(95-58)21-89-56-50(83)44(77)38(71)28(18-67)92-56/h10,24-25,27-61,67-88H,9,11-23H2,1-8H3/t24-,25?,27?,28+,29-,30-,31-,32-,33-,34?,35-,36+,37-,38+,39-,40-,41-,42-,43-,44-,45+,46+,47+,48+,49+,50+,51-,52-,53-,54-,55-,56+,57-,58+,59+,60+,61+,64+,65-,66+/m1/s1. The molecule has 3 unspecified atom stereocenters. The molecule has 0 aromatic carbocycles. The first kappa shape index (κ1) is 80.9. The van der Waals surface area contributed by atoms with Gasteiger partial charge in [0, 0.05) is 10.8 Å². The van der Waals surface area contributed by atoms with Crippen LogP contribution in [0.4, 0.5) is 0 Å². The third-order valence-corrected chi connectivity index (χ3v) is 25.0. The van der Waals surface area contributed by atoms with E-state index in [1.165, 1.54) is 13.8 Å². The van der Waals surface area contributed by atoms with E-state index in [-0.39, 0.29) is 35.5 Å². The van der Waals surface area contributed by atoms with Crippen LogP contribution < -0.4 is 0 Å². The quantitative estimate of drug-likeness (QED) is 0.0423. The van der Waals surface area contributed by atoms with Gasteiger partial charge in [-0.05, 0) is 99.7 Å². The monoisotopic (exact) mass is 1450 g/mol. The molecule has 100 heavy (non-hydrogen) atoms. The van der Waals surface area contributed by atoms with Crippen molar-refractivity contribution in [2.24, 2.45) is 45.3 Å². The first-order valence-electron chi connectivity index (χ1n) is 35.1. The minimum absolute atomic E-state index is 0.00824. The van der Waals surface area contributed by atoms with Crippen molar-refractivity contribution in [2.75, 3.05) is 39.6 Å². The lowest BCUT2D eigenvalue weighted by atomic mass is 9.38. The van der Waals surface area contributed by atoms with Crippen LogP contribution in [0.1, 0.15) is 107 Å². The number of rotatable bonds is 23. The second kappa shape index (κ2) is 31.5. The Morgan fingerprint density at radius 2 is 0.850 bits per heavy atom. The molecule has 6 aliphatic heterocycles. The molecule has 3 saturated carbocycles. The minimum atomic E-state index is -1.97. The zero-order valence-electron chi connectivity index (χ0n) is 57.6. The minimum Gasteiger partial charge on any atom is -0.394 e. The van der Waals surface area contributed by atoms with Crippen LogP contribution in [0.25, 0.3) is 0 Å². The van der Waals surface area contributed by atoms with Crippen molar-refractivity contribution in [2.45, 2.75) is 315 Å². The summed E-state index contributed by atoms with van der Waals surface area (Å²) in [7, 11) is 0. The van der Waals surface area contributed by atoms with Crippen LogP contribution in [-0.2, 0) is 56.8 Å². The van der Waals surface area contributed by atoms with Crippen molar-refractivity contribution in [3.05, 3.63) is 11.6 Å². The van der Waals surface area contributed by atoms with Gasteiger partial charge in [0.15, 0.2) is 37.7 Å². The third kappa shape index (κ3) is 14.9. The maximum absolute atomic E-state index is 12.9. The summed E-state index contributed by atoms with van der Waals surface area (Å²) in [5.74, 6) is -0.162. The molecule has 6 heterocycles. The molecule has 0 aromatic rings. The fraction of sp³-hybridized carbons (Fsp3) is 0.970. The van der Waals surface area contributed by atoms with Gasteiger partial charge < -0.3 is 169 Å². The Labute approximate surface area is 579 Å². The van der Waals surface area contributed by atoms with Crippen LogP contribution in [0.5, 0.6) is 0 Å². The Bertz CT molecular complexity index is 2670. The molecule has 34 nitrogen and oxygen atoms in total. The summed E-state index contributed by atoms with van der Waals surface area (Å²) in [5, 5.41) is 238. The van der Waals surface area contributed by atoms with Crippen molar-refractivity contribution < 1.29 is 169 Å². The number of allylic oxidation sites excluding steroid dienone is 1. The van der Waals surface area contributed by atoms with Gasteiger partial charge in [0.2, 0.25) is 0 Å². The van der Waals surface area contributed by atoms with E-state index < -0.39 is 264 Å². The second-order valence-electron chi connectivity index (χ2n) is 31.6. The van der Waals surface area contributed by atoms with Gasteiger partial charge in [-0.25, -0.2) is 0 Å². The molecule has 0 bridgehead atoms. The molecule has 6 saturated heterocycles. The molecule has 0 radical (unpaired) electrons. The van der Waals surface area contributed by atoms with Crippen molar-refractivity contribution in [3.63, 3.8) is 0 Å². The molecule has 4 aliphatic carbocycles. The number of hydrogen-bond acceptors (Lipinski definition) is 34. The lowest BCUT2D eigenvalue weighted by Gasteiger charge is -2.67. The second-order valence-corrected chi connectivity index (χ2v) is 31.6. The van der Waals surface area contributed by atoms with E-state index in [0.29, 0.717) is 32.1 Å². The topological polar surface area (TPSA) is 556 Å².